The molecule has 0 saturated heterocycles. The highest BCUT2D eigenvalue weighted by atomic mass is 32.2. The van der Waals surface area contributed by atoms with Crippen LogP contribution in [0, 0.1) is 20.8 Å². The second-order valence-electron chi connectivity index (χ2n) is 9.38. The number of carboxylic acid groups (broad SMARTS) is 1. The molecule has 1 aliphatic heterocycles. The molecule has 0 aliphatic carbocycles. The van der Waals surface area contributed by atoms with E-state index in [1.54, 1.807) is 30.3 Å². The molecular weight excluding hydrogens is 510 g/mol. The van der Waals surface area contributed by atoms with E-state index in [-0.39, 0.29) is 17.7 Å². The number of thioether (sulfide) groups is 1. The zero-order chi connectivity index (χ0) is 28.0. The fourth-order valence-electron chi connectivity index (χ4n) is 4.17. The maximum atomic E-state index is 12.2. The highest BCUT2D eigenvalue weighted by molar-refractivity contribution is 8.16. The molecule has 0 saturated carbocycles. The highest BCUT2D eigenvalue weighted by Crippen LogP contribution is 2.44. The van der Waals surface area contributed by atoms with Gasteiger partial charge in [0.15, 0.2) is 5.62 Å². The lowest BCUT2D eigenvalue weighted by Crippen LogP contribution is -2.42. The SMILES string of the molecule is Cc1c(C)c2c(c(C)c1OC(=O)CCC(=O)O)CCC(C)(COc1ccc(/C=C(\SC=O)C(N)=O)cc1)O2. The van der Waals surface area contributed by atoms with Crippen LogP contribution in [0.25, 0.3) is 6.08 Å². The van der Waals surface area contributed by atoms with Gasteiger partial charge in [-0.1, -0.05) is 12.1 Å². The molecule has 2 aromatic carbocycles. The average molecular weight is 542 g/mol. The zero-order valence-electron chi connectivity index (χ0n) is 21.8. The first kappa shape index (κ1) is 28.8. The monoisotopic (exact) mass is 541 g/mol. The van der Waals surface area contributed by atoms with Gasteiger partial charge in [-0.2, -0.15) is 0 Å². The summed E-state index contributed by atoms with van der Waals surface area (Å²) in [6, 6.07) is 7.06. The Kier molecular flexibility index (Phi) is 9.22. The largest absolute Gasteiger partial charge is 0.489 e. The number of carboxylic acids is 1. The number of ether oxygens (including phenoxy) is 3. The first-order valence-corrected chi connectivity index (χ1v) is 12.9. The quantitative estimate of drug-likeness (QED) is 0.184. The summed E-state index contributed by atoms with van der Waals surface area (Å²) in [5.74, 6) is -0.480. The Hall–Kier alpha value is -3.79. The molecule has 1 aliphatic rings. The normalized spacial score (nSPS) is 16.7. The molecule has 202 valence electrons. The van der Waals surface area contributed by atoms with Gasteiger partial charge < -0.3 is 25.1 Å². The molecule has 2 aromatic rings. The van der Waals surface area contributed by atoms with Crippen molar-refractivity contribution in [1.29, 1.82) is 0 Å². The molecular formula is C28H31NO8S. The molecule has 3 N–H and O–H groups in total. The predicted octanol–water partition coefficient (Wildman–Crippen LogP) is 4.29. The van der Waals surface area contributed by atoms with Gasteiger partial charge in [0.2, 0.25) is 0 Å². The van der Waals surface area contributed by atoms with Gasteiger partial charge in [-0.25, -0.2) is 0 Å². The number of fused-ring (bicyclic) bond motifs is 1. The first-order chi connectivity index (χ1) is 17.9. The van der Waals surface area contributed by atoms with Gasteiger partial charge in [-0.15, -0.1) is 0 Å². The lowest BCUT2D eigenvalue weighted by Gasteiger charge is -2.37. The van der Waals surface area contributed by atoms with Gasteiger partial charge in [0.25, 0.3) is 5.91 Å². The highest BCUT2D eigenvalue weighted by Gasteiger charge is 2.36. The van der Waals surface area contributed by atoms with E-state index in [0.717, 1.165) is 39.8 Å². The smallest absolute Gasteiger partial charge is 0.311 e. The Balaban J connectivity index is 1.72. The van der Waals surface area contributed by atoms with Gasteiger partial charge in [0.1, 0.15) is 29.5 Å². The van der Waals surface area contributed by atoms with Gasteiger partial charge in [0.05, 0.1) is 17.7 Å². The number of hydrogen-bond acceptors (Lipinski definition) is 8. The molecule has 0 spiro atoms. The van der Waals surface area contributed by atoms with Gasteiger partial charge in [-0.3, -0.25) is 19.2 Å². The molecule has 0 bridgehead atoms. The van der Waals surface area contributed by atoms with E-state index in [4.69, 9.17) is 25.1 Å². The second-order valence-corrected chi connectivity index (χ2v) is 10.2. The molecule has 1 atom stereocenters. The van der Waals surface area contributed by atoms with Crippen LogP contribution in [0.4, 0.5) is 0 Å². The number of nitrogens with two attached hydrogens (primary N) is 1. The van der Waals surface area contributed by atoms with E-state index >= 15 is 0 Å². The summed E-state index contributed by atoms with van der Waals surface area (Å²) >= 11 is 0.729. The molecule has 1 unspecified atom stereocenters. The van der Waals surface area contributed by atoms with Crippen molar-refractivity contribution in [2.24, 2.45) is 5.73 Å². The Morgan fingerprint density at radius 1 is 1.11 bits per heavy atom. The van der Waals surface area contributed by atoms with Crippen LogP contribution in [0.2, 0.25) is 0 Å². The van der Waals surface area contributed by atoms with Crippen molar-refractivity contribution < 1.29 is 38.5 Å². The topological polar surface area (TPSA) is 142 Å². The maximum Gasteiger partial charge on any atom is 0.311 e. The Morgan fingerprint density at radius 3 is 2.39 bits per heavy atom. The van der Waals surface area contributed by atoms with Crippen molar-refractivity contribution in [3.8, 4) is 17.2 Å². The van der Waals surface area contributed by atoms with Gasteiger partial charge in [-0.05, 0) is 92.8 Å². The van der Waals surface area contributed by atoms with Crippen LogP contribution in [-0.4, -0.2) is 40.8 Å². The number of carbonyl (C=O) groups is 4. The Bertz CT molecular complexity index is 1280. The third kappa shape index (κ3) is 6.95. The molecule has 0 aromatic heterocycles. The van der Waals surface area contributed by atoms with Crippen molar-refractivity contribution in [2.45, 2.75) is 59.0 Å². The van der Waals surface area contributed by atoms with Gasteiger partial charge in [0, 0.05) is 5.56 Å². The van der Waals surface area contributed by atoms with Crippen LogP contribution in [0.3, 0.4) is 0 Å². The van der Waals surface area contributed by atoms with E-state index in [9.17, 15) is 19.2 Å². The minimum atomic E-state index is -1.05. The van der Waals surface area contributed by atoms with Crippen LogP contribution in [0.15, 0.2) is 29.2 Å². The van der Waals surface area contributed by atoms with Crippen LogP contribution in [0.1, 0.15) is 54.0 Å². The third-order valence-electron chi connectivity index (χ3n) is 6.46. The summed E-state index contributed by atoms with van der Waals surface area (Å²) < 4.78 is 18.0. The van der Waals surface area contributed by atoms with E-state index in [1.165, 1.54) is 0 Å². The van der Waals surface area contributed by atoms with Crippen LogP contribution in [-0.2, 0) is 25.6 Å². The van der Waals surface area contributed by atoms with Crippen molar-refractivity contribution in [3.05, 3.63) is 57.0 Å². The molecule has 1 amide bonds. The zero-order valence-corrected chi connectivity index (χ0v) is 22.6. The molecule has 38 heavy (non-hydrogen) atoms. The Morgan fingerprint density at radius 2 is 1.79 bits per heavy atom. The van der Waals surface area contributed by atoms with Crippen molar-refractivity contribution >= 4 is 41.3 Å². The van der Waals surface area contributed by atoms with E-state index in [0.29, 0.717) is 42.1 Å². The lowest BCUT2D eigenvalue weighted by atomic mass is 9.87. The first-order valence-electron chi connectivity index (χ1n) is 12.0. The van der Waals surface area contributed by atoms with E-state index < -0.39 is 23.4 Å². The number of amides is 1. The lowest BCUT2D eigenvalue weighted by molar-refractivity contribution is -0.142. The second kappa shape index (κ2) is 12.2. The minimum absolute atomic E-state index is 0.148. The van der Waals surface area contributed by atoms with Crippen LogP contribution < -0.4 is 19.9 Å². The Labute approximate surface area is 225 Å². The number of hydrogen-bond donors (Lipinski definition) is 2. The van der Waals surface area contributed by atoms with Crippen molar-refractivity contribution in [1.82, 2.24) is 0 Å². The fourth-order valence-corrected chi connectivity index (χ4v) is 4.60. The number of esters is 1. The molecule has 9 nitrogen and oxygen atoms in total. The summed E-state index contributed by atoms with van der Waals surface area (Å²) in [6.07, 6.45) is 2.42. The molecule has 0 radical (unpaired) electrons. The molecule has 3 rings (SSSR count). The number of aliphatic carboxylic acids is 1. The maximum absolute atomic E-state index is 12.2. The average Bonchev–Trinajstić information content (AvgIpc) is 2.88. The third-order valence-corrected chi connectivity index (χ3v) is 7.13. The van der Waals surface area contributed by atoms with E-state index in [1.807, 2.05) is 27.7 Å². The van der Waals surface area contributed by atoms with Gasteiger partial charge >= 0.3 is 11.9 Å². The van der Waals surface area contributed by atoms with Crippen LogP contribution >= 0.6 is 11.8 Å². The van der Waals surface area contributed by atoms with Crippen LogP contribution in [0.5, 0.6) is 17.2 Å². The summed E-state index contributed by atoms with van der Waals surface area (Å²) in [5, 5.41) is 8.82. The van der Waals surface area contributed by atoms with E-state index in [2.05, 4.69) is 0 Å². The molecule has 10 heteroatoms. The fraction of sp³-hybridized carbons (Fsp3) is 0.357. The number of primary amides is 1. The minimum Gasteiger partial charge on any atom is -0.489 e. The van der Waals surface area contributed by atoms with Crippen molar-refractivity contribution in [3.63, 3.8) is 0 Å². The summed E-state index contributed by atoms with van der Waals surface area (Å²) in [6.45, 7) is 7.90. The molecule has 0 fully saturated rings. The number of carbonyl (C=O) groups excluding carboxylic acids is 3. The number of benzene rings is 2. The summed E-state index contributed by atoms with van der Waals surface area (Å²) in [5.41, 5.74) is 9.33. The number of rotatable bonds is 11. The summed E-state index contributed by atoms with van der Waals surface area (Å²) in [4.78, 5) is 45.3. The standard InChI is InChI=1S/C28H31NO8S/c1-16-17(2)26-21(18(3)25(16)36-24(33)10-9-23(31)32)11-12-28(4,37-26)14-35-20-7-5-19(6-8-20)13-22(27(29)34)38-15-30/h5-8,13,15H,9-12,14H2,1-4H3,(H2,29,34)(H,31,32)/b22-13-. The van der Waals surface area contributed by atoms with Crippen molar-refractivity contribution in [2.75, 3.05) is 6.61 Å². The predicted molar refractivity (Wildman–Crippen MR) is 144 cm³/mol. The molecule has 1 heterocycles. The summed E-state index contributed by atoms with van der Waals surface area (Å²) in [7, 11) is 0.